The van der Waals surface area contributed by atoms with Crippen molar-refractivity contribution in [3.05, 3.63) is 0 Å². The van der Waals surface area contributed by atoms with Gasteiger partial charge in [-0.15, -0.1) is 0 Å². The van der Waals surface area contributed by atoms with E-state index in [0.29, 0.717) is 0 Å². The summed E-state index contributed by atoms with van der Waals surface area (Å²) in [5.41, 5.74) is -1.84. The minimum atomic E-state index is -1.84. The summed E-state index contributed by atoms with van der Waals surface area (Å²) in [7, 11) is 1.62. The summed E-state index contributed by atoms with van der Waals surface area (Å²) in [6.45, 7) is 0.776. The quantitative estimate of drug-likeness (QED) is 0.580. The van der Waals surface area contributed by atoms with Crippen molar-refractivity contribution in [1.29, 1.82) is 0 Å². The highest BCUT2D eigenvalue weighted by Crippen LogP contribution is 2.62. The van der Waals surface area contributed by atoms with Crippen molar-refractivity contribution in [2.45, 2.75) is 6.42 Å². The highest BCUT2D eigenvalue weighted by molar-refractivity contribution is 8.67. The number of rotatable bonds is 1. The van der Waals surface area contributed by atoms with Crippen molar-refractivity contribution in [3.63, 3.8) is 0 Å². The molecule has 2 nitrogen and oxygen atoms in total. The molecule has 0 aromatic carbocycles. The summed E-state index contributed by atoms with van der Waals surface area (Å²) in [5.74, 6) is 1.09. The third kappa shape index (κ3) is 2.20. The largest absolute Gasteiger partial charge is 0.325 e. The van der Waals surface area contributed by atoms with Gasteiger partial charge in [0.15, 0.2) is 0 Å². The maximum atomic E-state index is 5.28. The molecule has 1 saturated heterocycles. The van der Waals surface area contributed by atoms with Gasteiger partial charge in [0.25, 0.3) is 0 Å². The molecule has 1 unspecified atom stereocenters. The maximum Gasteiger partial charge on any atom is 0.247 e. The molecule has 1 aliphatic rings. The SMILES string of the molecule is COP1(=S)OCCCS1. The zero-order valence-electron chi connectivity index (χ0n) is 5.20. The second kappa shape index (κ2) is 3.35. The van der Waals surface area contributed by atoms with Crippen molar-refractivity contribution < 1.29 is 9.05 Å². The minimum Gasteiger partial charge on any atom is -0.325 e. The Morgan fingerprint density at radius 3 is 2.89 bits per heavy atom. The molecular formula is C4H9O2PS2. The van der Waals surface area contributed by atoms with Crippen LogP contribution in [0.25, 0.3) is 0 Å². The average molecular weight is 184 g/mol. The average Bonchev–Trinajstić information content (AvgIpc) is 1.90. The fourth-order valence-corrected chi connectivity index (χ4v) is 4.38. The van der Waals surface area contributed by atoms with Gasteiger partial charge in [0.1, 0.15) is 0 Å². The van der Waals surface area contributed by atoms with E-state index in [-0.39, 0.29) is 0 Å². The van der Waals surface area contributed by atoms with Crippen molar-refractivity contribution in [2.75, 3.05) is 19.5 Å². The molecule has 0 spiro atoms. The molecule has 0 aliphatic carbocycles. The van der Waals surface area contributed by atoms with E-state index in [9.17, 15) is 0 Å². The van der Waals surface area contributed by atoms with Gasteiger partial charge in [0.2, 0.25) is 5.69 Å². The van der Waals surface area contributed by atoms with E-state index in [1.54, 1.807) is 18.5 Å². The highest BCUT2D eigenvalue weighted by atomic mass is 32.9. The Hall–Kier alpha value is 0.920. The van der Waals surface area contributed by atoms with Gasteiger partial charge in [-0.2, -0.15) is 0 Å². The first-order valence-corrected chi connectivity index (χ1v) is 6.94. The summed E-state index contributed by atoms with van der Waals surface area (Å²) in [6.07, 6.45) is 1.10. The zero-order chi connectivity index (χ0) is 6.74. The van der Waals surface area contributed by atoms with Crippen LogP contribution < -0.4 is 0 Å². The Balaban J connectivity index is 2.47. The lowest BCUT2D eigenvalue weighted by Gasteiger charge is -2.23. The second-order valence-corrected chi connectivity index (χ2v) is 8.19. The maximum absolute atomic E-state index is 5.28. The van der Waals surface area contributed by atoms with Crippen LogP contribution in [0.1, 0.15) is 6.42 Å². The molecule has 0 radical (unpaired) electrons. The molecular weight excluding hydrogens is 175 g/mol. The van der Waals surface area contributed by atoms with Crippen LogP contribution in [0.5, 0.6) is 0 Å². The van der Waals surface area contributed by atoms with E-state index in [0.717, 1.165) is 18.8 Å². The summed E-state index contributed by atoms with van der Waals surface area (Å²) in [4.78, 5) is 0. The van der Waals surface area contributed by atoms with Crippen LogP contribution in [0, 0.1) is 0 Å². The predicted octanol–water partition coefficient (Wildman–Crippen LogP) is 2.01. The number of hydrogen-bond donors (Lipinski definition) is 0. The minimum absolute atomic E-state index is 0.776. The lowest BCUT2D eigenvalue weighted by molar-refractivity contribution is 0.291. The fraction of sp³-hybridized carbons (Fsp3) is 1.00. The van der Waals surface area contributed by atoms with Crippen molar-refractivity contribution in [3.8, 4) is 0 Å². The number of hydrogen-bond acceptors (Lipinski definition) is 4. The molecule has 5 heteroatoms. The van der Waals surface area contributed by atoms with Crippen molar-refractivity contribution in [2.24, 2.45) is 0 Å². The predicted molar refractivity (Wildman–Crippen MR) is 44.3 cm³/mol. The monoisotopic (exact) mass is 184 g/mol. The summed E-state index contributed by atoms with van der Waals surface area (Å²) in [6, 6.07) is 0. The van der Waals surface area contributed by atoms with E-state index < -0.39 is 5.69 Å². The first-order valence-electron chi connectivity index (χ1n) is 2.72. The Labute approximate surface area is 64.2 Å². The molecule has 1 atom stereocenters. The summed E-state index contributed by atoms with van der Waals surface area (Å²) in [5, 5.41) is 0. The molecule has 0 saturated carbocycles. The normalized spacial score (nSPS) is 36.6. The van der Waals surface area contributed by atoms with E-state index >= 15 is 0 Å². The molecule has 1 aliphatic heterocycles. The Morgan fingerprint density at radius 2 is 2.56 bits per heavy atom. The topological polar surface area (TPSA) is 18.5 Å². The molecule has 1 rings (SSSR count). The van der Waals surface area contributed by atoms with Crippen LogP contribution >= 0.6 is 17.1 Å². The van der Waals surface area contributed by atoms with Gasteiger partial charge in [-0.1, -0.05) is 11.4 Å². The highest BCUT2D eigenvalue weighted by Gasteiger charge is 2.21. The Morgan fingerprint density at radius 1 is 1.78 bits per heavy atom. The molecule has 9 heavy (non-hydrogen) atoms. The van der Waals surface area contributed by atoms with E-state index in [1.807, 2.05) is 0 Å². The third-order valence-electron chi connectivity index (χ3n) is 1.01. The Kier molecular flexibility index (Phi) is 2.99. The molecule has 0 bridgehead atoms. The molecule has 1 fully saturated rings. The van der Waals surface area contributed by atoms with Crippen molar-refractivity contribution in [1.82, 2.24) is 0 Å². The van der Waals surface area contributed by atoms with Gasteiger partial charge in [-0.05, 0) is 18.2 Å². The Bertz CT molecular complexity index is 129. The van der Waals surface area contributed by atoms with Crippen molar-refractivity contribution >= 4 is 28.9 Å². The third-order valence-corrected chi connectivity index (χ3v) is 6.72. The van der Waals surface area contributed by atoms with Crippen LogP contribution in [-0.2, 0) is 20.9 Å². The molecule has 0 N–H and O–H groups in total. The van der Waals surface area contributed by atoms with Crippen LogP contribution in [0.2, 0.25) is 0 Å². The molecule has 0 aromatic rings. The smallest absolute Gasteiger partial charge is 0.247 e. The first kappa shape index (κ1) is 8.02. The molecule has 1 heterocycles. The summed E-state index contributed by atoms with van der Waals surface area (Å²) >= 11 is 6.73. The van der Waals surface area contributed by atoms with Gasteiger partial charge in [0.05, 0.1) is 6.61 Å². The second-order valence-electron chi connectivity index (χ2n) is 1.65. The summed E-state index contributed by atoms with van der Waals surface area (Å²) < 4.78 is 10.3. The fourth-order valence-electron chi connectivity index (χ4n) is 0.554. The van der Waals surface area contributed by atoms with Gasteiger partial charge in [-0.3, -0.25) is 0 Å². The van der Waals surface area contributed by atoms with Crippen LogP contribution in [0.4, 0.5) is 0 Å². The molecule has 0 aromatic heterocycles. The first-order chi connectivity index (χ1) is 4.27. The molecule has 54 valence electrons. The van der Waals surface area contributed by atoms with Crippen LogP contribution in [0.15, 0.2) is 0 Å². The lowest BCUT2D eigenvalue weighted by atomic mass is 10.5. The van der Waals surface area contributed by atoms with Gasteiger partial charge in [-0.25, -0.2) is 0 Å². The van der Waals surface area contributed by atoms with Crippen LogP contribution in [0.3, 0.4) is 0 Å². The zero-order valence-corrected chi connectivity index (χ0v) is 7.73. The van der Waals surface area contributed by atoms with Gasteiger partial charge in [0, 0.05) is 12.9 Å². The van der Waals surface area contributed by atoms with E-state index in [4.69, 9.17) is 20.9 Å². The van der Waals surface area contributed by atoms with Crippen LogP contribution in [-0.4, -0.2) is 19.5 Å². The van der Waals surface area contributed by atoms with E-state index in [1.165, 1.54) is 0 Å². The lowest BCUT2D eigenvalue weighted by Crippen LogP contribution is -2.00. The molecule has 0 amide bonds. The standard InChI is InChI=1S/C4H9O2PS2/c1-5-7(8)6-3-2-4-9-7/h2-4H2,1H3. The van der Waals surface area contributed by atoms with Gasteiger partial charge < -0.3 is 9.05 Å². The van der Waals surface area contributed by atoms with Gasteiger partial charge >= 0.3 is 0 Å². The van der Waals surface area contributed by atoms with E-state index in [2.05, 4.69) is 0 Å².